The molecular weight excluding hydrogens is 234 g/mol. The van der Waals surface area contributed by atoms with Crippen LogP contribution in [0.4, 0.5) is 10.9 Å². The average Bonchev–Trinajstić information content (AvgIpc) is 2.87. The minimum absolute atomic E-state index is 0.0565. The van der Waals surface area contributed by atoms with Gasteiger partial charge in [-0.15, -0.1) is 5.21 Å². The van der Waals surface area contributed by atoms with Crippen molar-refractivity contribution in [2.24, 2.45) is 5.10 Å². The van der Waals surface area contributed by atoms with Gasteiger partial charge in [0.25, 0.3) is 0 Å². The Morgan fingerprint density at radius 2 is 2.50 bits per heavy atom. The van der Waals surface area contributed by atoms with Crippen LogP contribution in [-0.2, 0) is 0 Å². The quantitative estimate of drug-likeness (QED) is 0.487. The maximum Gasteiger partial charge on any atom is 0.324 e. The maximum atomic E-state index is 10.4. The summed E-state index contributed by atoms with van der Waals surface area (Å²) >= 11 is 1.01. The van der Waals surface area contributed by atoms with E-state index in [1.807, 2.05) is 0 Å². The first kappa shape index (κ1) is 10.2. The van der Waals surface area contributed by atoms with Gasteiger partial charge >= 0.3 is 5.00 Å². The topological polar surface area (TPSA) is 124 Å². The van der Waals surface area contributed by atoms with E-state index in [1.165, 1.54) is 12.3 Å². The number of hydrogen-bond donors (Lipinski definition) is 1. The summed E-state index contributed by atoms with van der Waals surface area (Å²) in [6.07, 6.45) is 1.38. The molecule has 10 heteroatoms. The van der Waals surface area contributed by atoms with Crippen LogP contribution in [0, 0.1) is 10.1 Å². The summed E-state index contributed by atoms with van der Waals surface area (Å²) in [7, 11) is 0. The van der Waals surface area contributed by atoms with E-state index < -0.39 is 4.92 Å². The maximum absolute atomic E-state index is 10.4. The van der Waals surface area contributed by atoms with Gasteiger partial charge in [-0.2, -0.15) is 0 Å². The molecule has 0 atom stereocenters. The zero-order chi connectivity index (χ0) is 11.4. The third-order valence-electron chi connectivity index (χ3n) is 1.46. The highest BCUT2D eigenvalue weighted by Gasteiger charge is 2.07. The summed E-state index contributed by atoms with van der Waals surface area (Å²) in [6.45, 7) is 0. The molecule has 9 nitrogen and oxygen atoms in total. The van der Waals surface area contributed by atoms with Gasteiger partial charge in [-0.05, 0) is 6.07 Å². The van der Waals surface area contributed by atoms with E-state index in [4.69, 9.17) is 0 Å². The van der Waals surface area contributed by atoms with Gasteiger partial charge in [0.1, 0.15) is 0 Å². The van der Waals surface area contributed by atoms with Crippen molar-refractivity contribution in [2.75, 3.05) is 0 Å². The van der Waals surface area contributed by atoms with Crippen LogP contribution in [0.3, 0.4) is 0 Å². The highest BCUT2D eigenvalue weighted by molar-refractivity contribution is 7.16. The van der Waals surface area contributed by atoms with E-state index in [0.717, 1.165) is 11.3 Å². The normalized spacial score (nSPS) is 10.8. The van der Waals surface area contributed by atoms with E-state index in [0.29, 0.717) is 4.88 Å². The van der Waals surface area contributed by atoms with E-state index in [-0.39, 0.29) is 10.9 Å². The van der Waals surface area contributed by atoms with Gasteiger partial charge < -0.3 is 0 Å². The van der Waals surface area contributed by atoms with Gasteiger partial charge in [-0.25, -0.2) is 5.10 Å². The number of hydrogen-bond acceptors (Lipinski definition) is 7. The smallest absolute Gasteiger partial charge is 0.277 e. The average molecular weight is 238 g/mol. The van der Waals surface area contributed by atoms with Crippen LogP contribution in [0.15, 0.2) is 17.2 Å². The Bertz CT molecular complexity index is 505. The number of tetrazole rings is 1. The van der Waals surface area contributed by atoms with Gasteiger partial charge in [0, 0.05) is 6.07 Å². The van der Waals surface area contributed by atoms with Gasteiger partial charge in [0.2, 0.25) is 0 Å². The van der Waals surface area contributed by atoms with Crippen LogP contribution in [0.2, 0.25) is 0 Å². The summed E-state index contributed by atoms with van der Waals surface area (Å²) in [6, 6.07) is 2.98. The molecule has 0 unspecified atom stereocenters. The summed E-state index contributed by atoms with van der Waals surface area (Å²) < 4.78 is 0. The Hall–Kier alpha value is -2.36. The van der Waals surface area contributed by atoms with Crippen LogP contribution in [0.5, 0.6) is 0 Å². The fourth-order valence-electron chi connectivity index (χ4n) is 0.846. The lowest BCUT2D eigenvalue weighted by atomic mass is 10.5. The predicted octanol–water partition coefficient (Wildman–Crippen LogP) is 1.21. The lowest BCUT2D eigenvalue weighted by molar-refractivity contribution is -0.380. The van der Waals surface area contributed by atoms with E-state index in [1.54, 1.807) is 6.07 Å². The molecule has 0 aliphatic heterocycles. The van der Waals surface area contributed by atoms with Crippen molar-refractivity contribution in [3.05, 3.63) is 32.5 Å². The molecule has 2 heterocycles. The second-order valence-electron chi connectivity index (χ2n) is 2.49. The van der Waals surface area contributed by atoms with E-state index in [9.17, 15) is 10.1 Å². The molecule has 2 aromatic rings. The van der Waals surface area contributed by atoms with Crippen molar-refractivity contribution >= 4 is 28.5 Å². The lowest BCUT2D eigenvalue weighted by Crippen LogP contribution is -1.80. The van der Waals surface area contributed by atoms with Crippen LogP contribution in [0.25, 0.3) is 5.43 Å². The van der Waals surface area contributed by atoms with E-state index in [2.05, 4.69) is 31.2 Å². The second kappa shape index (κ2) is 4.44. The SMILES string of the molecule is O=[N+]([O-])c1ccc(/C=N\[N-]c2nn[nH]n2)s1. The molecule has 1 N–H and O–H groups in total. The molecule has 0 spiro atoms. The third-order valence-corrected chi connectivity index (χ3v) is 2.43. The number of aromatic amines is 1. The zero-order valence-corrected chi connectivity index (χ0v) is 8.46. The standard InChI is InChI=1S/C6H4N7O2S/c14-13(15)5-2-1-4(16-5)3-7-8-6-9-11-12-10-6/h1-3H,(H-,8,9,10,11,12)/q-1/b7-3-. The van der Waals surface area contributed by atoms with Crippen molar-refractivity contribution in [3.63, 3.8) is 0 Å². The Labute approximate surface area is 92.3 Å². The van der Waals surface area contributed by atoms with Crippen molar-refractivity contribution in [1.29, 1.82) is 0 Å². The molecule has 0 saturated carbocycles. The molecule has 0 amide bonds. The van der Waals surface area contributed by atoms with Crippen LogP contribution >= 0.6 is 11.3 Å². The van der Waals surface area contributed by atoms with Gasteiger partial charge in [0.05, 0.1) is 22.0 Å². The first-order chi connectivity index (χ1) is 7.75. The number of nitrogens with zero attached hydrogens (tertiary/aromatic N) is 6. The molecule has 0 saturated heterocycles. The molecule has 2 aromatic heterocycles. The Balaban J connectivity index is 1.98. The summed E-state index contributed by atoms with van der Waals surface area (Å²) in [5, 5.41) is 26.7. The van der Waals surface area contributed by atoms with Gasteiger partial charge in [-0.1, -0.05) is 11.3 Å². The third kappa shape index (κ3) is 2.36. The Kier molecular flexibility index (Phi) is 2.82. The second-order valence-corrected chi connectivity index (χ2v) is 3.58. The molecule has 0 aliphatic carbocycles. The molecule has 0 fully saturated rings. The van der Waals surface area contributed by atoms with Crippen molar-refractivity contribution in [3.8, 4) is 0 Å². The number of aromatic nitrogens is 4. The molecular formula is C6H4N7O2S-. The molecule has 0 aromatic carbocycles. The Morgan fingerprint density at radius 1 is 1.62 bits per heavy atom. The van der Waals surface area contributed by atoms with Crippen molar-refractivity contribution in [1.82, 2.24) is 20.6 Å². The molecule has 2 rings (SSSR count). The fraction of sp³-hybridized carbons (Fsp3) is 0. The summed E-state index contributed by atoms with van der Waals surface area (Å²) in [5.41, 5.74) is 3.61. The Morgan fingerprint density at radius 3 is 3.12 bits per heavy atom. The molecule has 82 valence electrons. The zero-order valence-electron chi connectivity index (χ0n) is 7.64. The first-order valence-corrected chi connectivity index (χ1v) is 4.79. The molecule has 0 aliphatic rings. The van der Waals surface area contributed by atoms with E-state index >= 15 is 0 Å². The monoisotopic (exact) mass is 238 g/mol. The van der Waals surface area contributed by atoms with Crippen LogP contribution in [0.1, 0.15) is 4.88 Å². The molecule has 0 bridgehead atoms. The van der Waals surface area contributed by atoms with Crippen molar-refractivity contribution < 1.29 is 4.92 Å². The predicted molar refractivity (Wildman–Crippen MR) is 55.8 cm³/mol. The number of H-pyrrole nitrogens is 1. The number of thiophene rings is 1. The molecule has 0 radical (unpaired) electrons. The summed E-state index contributed by atoms with van der Waals surface area (Å²) in [4.78, 5) is 10.6. The van der Waals surface area contributed by atoms with Gasteiger partial charge in [0.15, 0.2) is 0 Å². The molecule has 16 heavy (non-hydrogen) atoms. The van der Waals surface area contributed by atoms with Crippen LogP contribution < -0.4 is 0 Å². The number of nitro groups is 1. The fourth-order valence-corrected chi connectivity index (χ4v) is 1.53. The highest BCUT2D eigenvalue weighted by atomic mass is 32.1. The summed E-state index contributed by atoms with van der Waals surface area (Å²) in [5.74, 6) is 0.0994. The number of rotatable bonds is 4. The van der Waals surface area contributed by atoms with Crippen molar-refractivity contribution in [2.45, 2.75) is 0 Å². The number of nitrogens with one attached hydrogen (secondary N) is 1. The largest absolute Gasteiger partial charge is 0.324 e. The lowest BCUT2D eigenvalue weighted by Gasteiger charge is -1.95. The minimum Gasteiger partial charge on any atom is -0.277 e. The highest BCUT2D eigenvalue weighted by Crippen LogP contribution is 2.22. The minimum atomic E-state index is -0.460. The van der Waals surface area contributed by atoms with Gasteiger partial charge in [-0.3, -0.25) is 31.0 Å². The van der Waals surface area contributed by atoms with Crippen LogP contribution in [-0.4, -0.2) is 31.8 Å². The first-order valence-electron chi connectivity index (χ1n) is 3.97.